The van der Waals surface area contributed by atoms with Crippen molar-refractivity contribution in [1.29, 1.82) is 0 Å². The Labute approximate surface area is 122 Å². The topological polar surface area (TPSA) is 52.6 Å². The molecule has 5 heteroatoms. The Morgan fingerprint density at radius 1 is 1.35 bits per heavy atom. The van der Waals surface area contributed by atoms with Crippen LogP contribution in [0.5, 0.6) is 5.75 Å². The van der Waals surface area contributed by atoms with Gasteiger partial charge in [-0.1, -0.05) is 17.5 Å². The summed E-state index contributed by atoms with van der Waals surface area (Å²) in [5.41, 5.74) is 0.711. The maximum absolute atomic E-state index is 11.5. The number of carbonyl (C=O) groups excluding carboxylic acids is 2. The molecule has 0 bridgehead atoms. The van der Waals surface area contributed by atoms with Gasteiger partial charge in [-0.15, -0.1) is 6.42 Å². The molecule has 0 saturated carbocycles. The molecule has 1 atom stereocenters. The molecule has 0 saturated heterocycles. The molecule has 1 rings (SSSR count). The summed E-state index contributed by atoms with van der Waals surface area (Å²) in [6.07, 6.45) is 6.33. The Morgan fingerprint density at radius 2 is 2.00 bits per heavy atom. The van der Waals surface area contributed by atoms with E-state index in [9.17, 15) is 9.59 Å². The van der Waals surface area contributed by atoms with Gasteiger partial charge in [0.25, 0.3) is 0 Å². The van der Waals surface area contributed by atoms with Crippen LogP contribution in [0.15, 0.2) is 30.4 Å². The SMILES string of the molecule is C#CC(C)OC(=O)/C=C/C(=O)Oc1ccc(Cl)cc1C. The van der Waals surface area contributed by atoms with Gasteiger partial charge in [-0.05, 0) is 37.6 Å². The molecule has 20 heavy (non-hydrogen) atoms. The second kappa shape index (κ2) is 7.37. The Hall–Kier alpha value is -2.25. The van der Waals surface area contributed by atoms with Crippen molar-refractivity contribution in [3.05, 3.63) is 40.9 Å². The van der Waals surface area contributed by atoms with Gasteiger partial charge in [0.1, 0.15) is 5.75 Å². The first kappa shape index (κ1) is 15.8. The third kappa shape index (κ3) is 5.17. The predicted octanol–water partition coefficient (Wildman–Crippen LogP) is 2.67. The zero-order chi connectivity index (χ0) is 15.1. The zero-order valence-corrected chi connectivity index (χ0v) is 11.8. The lowest BCUT2D eigenvalue weighted by atomic mass is 10.2. The summed E-state index contributed by atoms with van der Waals surface area (Å²) in [7, 11) is 0. The highest BCUT2D eigenvalue weighted by molar-refractivity contribution is 6.30. The molecule has 0 aliphatic heterocycles. The molecule has 0 aromatic heterocycles. The van der Waals surface area contributed by atoms with Crippen LogP contribution in [-0.4, -0.2) is 18.0 Å². The first-order valence-corrected chi connectivity index (χ1v) is 6.13. The van der Waals surface area contributed by atoms with Crippen LogP contribution in [0, 0.1) is 19.3 Å². The van der Waals surface area contributed by atoms with Crippen molar-refractivity contribution >= 4 is 23.5 Å². The molecule has 0 aliphatic rings. The Morgan fingerprint density at radius 3 is 2.60 bits per heavy atom. The number of hydrogen-bond acceptors (Lipinski definition) is 4. The van der Waals surface area contributed by atoms with Crippen LogP contribution in [0.2, 0.25) is 5.02 Å². The highest BCUT2D eigenvalue weighted by atomic mass is 35.5. The van der Waals surface area contributed by atoms with E-state index in [1.54, 1.807) is 32.0 Å². The van der Waals surface area contributed by atoms with E-state index in [1.807, 2.05) is 0 Å². The molecule has 0 N–H and O–H groups in total. The number of esters is 2. The second-order valence-electron chi connectivity index (χ2n) is 3.91. The number of carbonyl (C=O) groups is 2. The van der Waals surface area contributed by atoms with Crippen molar-refractivity contribution < 1.29 is 19.1 Å². The molecule has 1 aromatic carbocycles. The third-order valence-corrected chi connectivity index (χ3v) is 2.47. The average Bonchev–Trinajstić information content (AvgIpc) is 2.39. The minimum Gasteiger partial charge on any atom is -0.446 e. The summed E-state index contributed by atoms with van der Waals surface area (Å²) in [6, 6.07) is 4.84. The molecule has 0 radical (unpaired) electrons. The largest absolute Gasteiger partial charge is 0.446 e. The molecule has 1 aromatic rings. The molecule has 0 aliphatic carbocycles. The fourth-order valence-corrected chi connectivity index (χ4v) is 1.48. The van der Waals surface area contributed by atoms with E-state index in [-0.39, 0.29) is 0 Å². The van der Waals surface area contributed by atoms with Crippen LogP contribution in [0.3, 0.4) is 0 Å². The summed E-state index contributed by atoms with van der Waals surface area (Å²) in [5, 5.41) is 0.546. The maximum Gasteiger partial charge on any atom is 0.336 e. The Kier molecular flexibility index (Phi) is 5.82. The zero-order valence-electron chi connectivity index (χ0n) is 11.1. The molecule has 0 amide bonds. The normalized spacial score (nSPS) is 11.7. The quantitative estimate of drug-likeness (QED) is 0.370. The van der Waals surface area contributed by atoms with Crippen molar-refractivity contribution in [2.75, 3.05) is 0 Å². The minimum absolute atomic E-state index is 0.370. The van der Waals surface area contributed by atoms with Gasteiger partial charge in [-0.3, -0.25) is 0 Å². The van der Waals surface area contributed by atoms with Crippen LogP contribution in [0.25, 0.3) is 0 Å². The van der Waals surface area contributed by atoms with Crippen LogP contribution in [0.4, 0.5) is 0 Å². The third-order valence-electron chi connectivity index (χ3n) is 2.23. The van der Waals surface area contributed by atoms with Crippen LogP contribution in [-0.2, 0) is 14.3 Å². The van der Waals surface area contributed by atoms with Gasteiger partial charge in [0.15, 0.2) is 6.10 Å². The van der Waals surface area contributed by atoms with Gasteiger partial charge in [0, 0.05) is 17.2 Å². The minimum atomic E-state index is -0.708. The van der Waals surface area contributed by atoms with E-state index in [4.69, 9.17) is 27.5 Å². The predicted molar refractivity (Wildman–Crippen MR) is 75.4 cm³/mol. The highest BCUT2D eigenvalue weighted by Crippen LogP contribution is 2.21. The van der Waals surface area contributed by atoms with Gasteiger partial charge in [-0.25, -0.2) is 9.59 Å². The highest BCUT2D eigenvalue weighted by Gasteiger charge is 2.07. The summed E-state index contributed by atoms with van der Waals surface area (Å²) >= 11 is 5.79. The molecule has 104 valence electrons. The van der Waals surface area contributed by atoms with Crippen LogP contribution >= 0.6 is 11.6 Å². The molecular formula is C15H13ClO4. The second-order valence-corrected chi connectivity index (χ2v) is 4.35. The summed E-state index contributed by atoms with van der Waals surface area (Å²) in [4.78, 5) is 22.8. The van der Waals surface area contributed by atoms with Crippen molar-refractivity contribution in [1.82, 2.24) is 0 Å². The van der Waals surface area contributed by atoms with E-state index in [0.29, 0.717) is 16.3 Å². The Balaban J connectivity index is 2.60. The van der Waals surface area contributed by atoms with Gasteiger partial charge >= 0.3 is 11.9 Å². The standard InChI is InChI=1S/C15H13ClO4/c1-4-11(3)19-14(17)7-8-15(18)20-13-6-5-12(16)9-10(13)2/h1,5-9,11H,2-3H3/b8-7+. The summed E-state index contributed by atoms with van der Waals surface area (Å²) in [5.74, 6) is 1.20. The number of hydrogen-bond donors (Lipinski definition) is 0. The van der Waals surface area contributed by atoms with Gasteiger partial charge in [0.05, 0.1) is 0 Å². The number of benzene rings is 1. The lowest BCUT2D eigenvalue weighted by molar-refractivity contribution is -0.140. The number of terminal acetylenes is 1. The van der Waals surface area contributed by atoms with E-state index in [0.717, 1.165) is 12.2 Å². The molecule has 0 fully saturated rings. The molecule has 0 spiro atoms. The lowest BCUT2D eigenvalue weighted by Crippen LogP contribution is -2.12. The number of rotatable bonds is 4. The summed E-state index contributed by atoms with van der Waals surface area (Å²) < 4.78 is 9.80. The molecular weight excluding hydrogens is 280 g/mol. The monoisotopic (exact) mass is 292 g/mol. The van der Waals surface area contributed by atoms with Crippen molar-refractivity contribution in [3.63, 3.8) is 0 Å². The first-order chi connectivity index (χ1) is 9.42. The van der Waals surface area contributed by atoms with E-state index >= 15 is 0 Å². The van der Waals surface area contributed by atoms with E-state index in [2.05, 4.69) is 5.92 Å². The first-order valence-electron chi connectivity index (χ1n) is 5.75. The summed E-state index contributed by atoms with van der Waals surface area (Å²) in [6.45, 7) is 3.29. The fraction of sp³-hybridized carbons (Fsp3) is 0.200. The van der Waals surface area contributed by atoms with Gasteiger partial charge in [0.2, 0.25) is 0 Å². The smallest absolute Gasteiger partial charge is 0.336 e. The average molecular weight is 293 g/mol. The van der Waals surface area contributed by atoms with E-state index in [1.165, 1.54) is 0 Å². The van der Waals surface area contributed by atoms with Crippen LogP contribution in [0.1, 0.15) is 12.5 Å². The Bertz CT molecular complexity index is 584. The number of halogens is 1. The van der Waals surface area contributed by atoms with Crippen molar-refractivity contribution in [2.45, 2.75) is 20.0 Å². The number of aryl methyl sites for hydroxylation is 1. The molecule has 0 heterocycles. The van der Waals surface area contributed by atoms with Gasteiger partial charge in [-0.2, -0.15) is 0 Å². The maximum atomic E-state index is 11.5. The van der Waals surface area contributed by atoms with E-state index < -0.39 is 18.0 Å². The molecule has 4 nitrogen and oxygen atoms in total. The van der Waals surface area contributed by atoms with Crippen molar-refractivity contribution in [3.8, 4) is 18.1 Å². The lowest BCUT2D eigenvalue weighted by Gasteiger charge is -2.05. The molecule has 1 unspecified atom stereocenters. The van der Waals surface area contributed by atoms with Gasteiger partial charge < -0.3 is 9.47 Å². The van der Waals surface area contributed by atoms with Crippen LogP contribution < -0.4 is 4.74 Å². The van der Waals surface area contributed by atoms with Crippen molar-refractivity contribution in [2.24, 2.45) is 0 Å². The number of ether oxygens (including phenoxy) is 2. The fourth-order valence-electron chi connectivity index (χ4n) is 1.25.